The molecule has 1 aliphatic heterocycles. The fourth-order valence-electron chi connectivity index (χ4n) is 3.87. The highest BCUT2D eigenvalue weighted by Crippen LogP contribution is 2.27. The predicted molar refractivity (Wildman–Crippen MR) is 101 cm³/mol. The van der Waals surface area contributed by atoms with Crippen LogP contribution in [0.2, 0.25) is 0 Å². The van der Waals surface area contributed by atoms with Crippen molar-refractivity contribution in [3.8, 4) is 0 Å². The Kier molecular flexibility index (Phi) is 4.29. The summed E-state index contributed by atoms with van der Waals surface area (Å²) in [4.78, 5) is 2.72. The molecule has 0 aromatic heterocycles. The number of fused-ring (bicyclic) bond motifs is 1. The van der Waals surface area contributed by atoms with E-state index in [1.54, 1.807) is 10.4 Å². The summed E-state index contributed by atoms with van der Waals surface area (Å²) in [6, 6.07) is 14.1. The van der Waals surface area contributed by atoms with E-state index in [-0.39, 0.29) is 0 Å². The van der Waals surface area contributed by atoms with Crippen LogP contribution in [0, 0.1) is 6.92 Å². The molecule has 2 aromatic carbocycles. The Labute approximate surface area is 150 Å². The van der Waals surface area contributed by atoms with Crippen LogP contribution in [0.3, 0.4) is 0 Å². The normalized spacial score (nSPS) is 18.4. The van der Waals surface area contributed by atoms with Crippen molar-refractivity contribution < 1.29 is 8.42 Å². The summed E-state index contributed by atoms with van der Waals surface area (Å²) in [6.45, 7) is 4.61. The van der Waals surface area contributed by atoms with E-state index in [1.807, 2.05) is 12.1 Å². The Morgan fingerprint density at radius 2 is 1.64 bits per heavy atom. The van der Waals surface area contributed by atoms with E-state index in [0.717, 1.165) is 32.4 Å². The second-order valence-corrected chi connectivity index (χ2v) is 8.95. The van der Waals surface area contributed by atoms with Crippen LogP contribution in [0.4, 0.5) is 5.69 Å². The monoisotopic (exact) mass is 356 g/mol. The van der Waals surface area contributed by atoms with Crippen LogP contribution in [0.5, 0.6) is 0 Å². The van der Waals surface area contributed by atoms with Gasteiger partial charge in [-0.1, -0.05) is 18.2 Å². The topological polar surface area (TPSA) is 40.6 Å². The lowest BCUT2D eigenvalue weighted by atomic mass is 10.1. The lowest BCUT2D eigenvalue weighted by Gasteiger charge is -2.35. The van der Waals surface area contributed by atoms with Crippen molar-refractivity contribution in [1.82, 2.24) is 4.31 Å². The summed E-state index contributed by atoms with van der Waals surface area (Å²) in [6.07, 6.45) is 3.21. The standard InChI is InChI=1S/C20H24N2O2S/c1-16-4-2-7-19(14-16)21-10-12-22(13-11-21)25(23,24)20-9-8-17-5-3-6-18(17)15-20/h2,4,7-9,14-15H,3,5-6,10-13H2,1H3. The van der Waals surface area contributed by atoms with Gasteiger partial charge in [-0.3, -0.25) is 0 Å². The molecule has 0 spiro atoms. The van der Waals surface area contributed by atoms with E-state index in [4.69, 9.17) is 0 Å². The maximum atomic E-state index is 13.0. The van der Waals surface area contributed by atoms with Gasteiger partial charge < -0.3 is 4.90 Å². The first-order valence-electron chi connectivity index (χ1n) is 8.98. The third kappa shape index (κ3) is 3.18. The molecule has 1 saturated heterocycles. The molecule has 1 heterocycles. The van der Waals surface area contributed by atoms with Gasteiger partial charge in [0.25, 0.3) is 0 Å². The van der Waals surface area contributed by atoms with Crippen molar-refractivity contribution in [2.24, 2.45) is 0 Å². The van der Waals surface area contributed by atoms with Crippen LogP contribution in [0.15, 0.2) is 47.4 Å². The first-order chi connectivity index (χ1) is 12.0. The molecule has 0 saturated carbocycles. The molecule has 132 valence electrons. The third-order valence-corrected chi connectivity index (χ3v) is 7.21. The van der Waals surface area contributed by atoms with E-state index >= 15 is 0 Å². The molecule has 0 atom stereocenters. The SMILES string of the molecule is Cc1cccc(N2CCN(S(=O)(=O)c3ccc4c(c3)CCC4)CC2)c1. The zero-order valence-electron chi connectivity index (χ0n) is 14.6. The second kappa shape index (κ2) is 6.46. The molecule has 1 aliphatic carbocycles. The second-order valence-electron chi connectivity index (χ2n) is 7.01. The number of hydrogen-bond acceptors (Lipinski definition) is 3. The van der Waals surface area contributed by atoms with Crippen LogP contribution in [0.25, 0.3) is 0 Å². The van der Waals surface area contributed by atoms with E-state index in [2.05, 4.69) is 36.1 Å². The Bertz CT molecular complexity index is 884. The minimum Gasteiger partial charge on any atom is -0.369 e. The van der Waals surface area contributed by atoms with Gasteiger partial charge >= 0.3 is 0 Å². The van der Waals surface area contributed by atoms with Crippen LogP contribution in [0.1, 0.15) is 23.1 Å². The van der Waals surface area contributed by atoms with Crippen LogP contribution < -0.4 is 4.90 Å². The molecular weight excluding hydrogens is 332 g/mol. The molecule has 0 amide bonds. The van der Waals surface area contributed by atoms with Crippen LogP contribution >= 0.6 is 0 Å². The Balaban J connectivity index is 1.50. The molecule has 25 heavy (non-hydrogen) atoms. The molecule has 0 bridgehead atoms. The first kappa shape index (κ1) is 16.6. The van der Waals surface area contributed by atoms with Gasteiger partial charge in [-0.2, -0.15) is 4.31 Å². The van der Waals surface area contributed by atoms with Crippen molar-refractivity contribution >= 4 is 15.7 Å². The number of benzene rings is 2. The lowest BCUT2D eigenvalue weighted by Crippen LogP contribution is -2.48. The van der Waals surface area contributed by atoms with Gasteiger partial charge in [-0.05, 0) is 67.1 Å². The Morgan fingerprint density at radius 1 is 0.880 bits per heavy atom. The number of nitrogens with zero attached hydrogens (tertiary/aromatic N) is 2. The summed E-state index contributed by atoms with van der Waals surface area (Å²) in [5.74, 6) is 0. The highest BCUT2D eigenvalue weighted by molar-refractivity contribution is 7.89. The van der Waals surface area contributed by atoms with E-state index in [1.165, 1.54) is 22.4 Å². The summed E-state index contributed by atoms with van der Waals surface area (Å²) in [5.41, 5.74) is 4.92. The molecule has 0 N–H and O–H groups in total. The van der Waals surface area contributed by atoms with Gasteiger partial charge in [-0.15, -0.1) is 0 Å². The maximum Gasteiger partial charge on any atom is 0.243 e. The van der Waals surface area contributed by atoms with E-state index in [0.29, 0.717) is 18.0 Å². The van der Waals surface area contributed by atoms with E-state index in [9.17, 15) is 8.42 Å². The van der Waals surface area contributed by atoms with Gasteiger partial charge in [0.15, 0.2) is 0 Å². The molecule has 5 heteroatoms. The molecule has 2 aliphatic rings. The van der Waals surface area contributed by atoms with Gasteiger partial charge in [0.05, 0.1) is 4.90 Å². The zero-order chi connectivity index (χ0) is 17.4. The largest absolute Gasteiger partial charge is 0.369 e. The number of hydrogen-bond donors (Lipinski definition) is 0. The van der Waals surface area contributed by atoms with Gasteiger partial charge in [0.1, 0.15) is 0 Å². The average molecular weight is 356 g/mol. The number of aryl methyl sites for hydroxylation is 3. The van der Waals surface area contributed by atoms with Gasteiger partial charge in [0.2, 0.25) is 10.0 Å². The Hall–Kier alpha value is -1.85. The van der Waals surface area contributed by atoms with Crippen LogP contribution in [-0.4, -0.2) is 38.9 Å². The van der Waals surface area contributed by atoms with Gasteiger partial charge in [0, 0.05) is 31.9 Å². The fraction of sp³-hybridized carbons (Fsp3) is 0.400. The quantitative estimate of drug-likeness (QED) is 0.849. The molecule has 0 radical (unpaired) electrons. The number of piperazine rings is 1. The summed E-state index contributed by atoms with van der Waals surface area (Å²) in [7, 11) is -3.39. The smallest absolute Gasteiger partial charge is 0.243 e. The summed E-state index contributed by atoms with van der Waals surface area (Å²) < 4.78 is 27.6. The minimum absolute atomic E-state index is 0.456. The highest BCUT2D eigenvalue weighted by Gasteiger charge is 2.29. The van der Waals surface area contributed by atoms with E-state index < -0.39 is 10.0 Å². The van der Waals surface area contributed by atoms with Crippen molar-refractivity contribution in [3.05, 3.63) is 59.2 Å². The number of anilines is 1. The lowest BCUT2D eigenvalue weighted by molar-refractivity contribution is 0.385. The van der Waals surface area contributed by atoms with Gasteiger partial charge in [-0.25, -0.2) is 8.42 Å². The molecule has 2 aromatic rings. The summed E-state index contributed by atoms with van der Waals surface area (Å²) in [5, 5.41) is 0. The zero-order valence-corrected chi connectivity index (χ0v) is 15.4. The minimum atomic E-state index is -3.39. The highest BCUT2D eigenvalue weighted by atomic mass is 32.2. The van der Waals surface area contributed by atoms with Crippen molar-refractivity contribution in [2.75, 3.05) is 31.1 Å². The third-order valence-electron chi connectivity index (χ3n) is 5.31. The van der Waals surface area contributed by atoms with Crippen molar-refractivity contribution in [3.63, 3.8) is 0 Å². The number of sulfonamides is 1. The van der Waals surface area contributed by atoms with Crippen molar-refractivity contribution in [2.45, 2.75) is 31.1 Å². The molecular formula is C20H24N2O2S. The summed E-state index contributed by atoms with van der Waals surface area (Å²) >= 11 is 0. The van der Waals surface area contributed by atoms with Crippen LogP contribution in [-0.2, 0) is 22.9 Å². The molecule has 4 rings (SSSR count). The number of rotatable bonds is 3. The molecule has 0 unspecified atom stereocenters. The fourth-order valence-corrected chi connectivity index (χ4v) is 5.34. The maximum absolute atomic E-state index is 13.0. The molecule has 4 nitrogen and oxygen atoms in total. The predicted octanol–water partition coefficient (Wildman–Crippen LogP) is 2.99. The average Bonchev–Trinajstić information content (AvgIpc) is 3.09. The first-order valence-corrected chi connectivity index (χ1v) is 10.4. The Morgan fingerprint density at radius 3 is 2.40 bits per heavy atom. The van der Waals surface area contributed by atoms with Crippen molar-refractivity contribution in [1.29, 1.82) is 0 Å². The molecule has 1 fully saturated rings.